The number of benzene rings is 8. The summed E-state index contributed by atoms with van der Waals surface area (Å²) >= 11 is 0. The molecule has 0 atom stereocenters. The van der Waals surface area contributed by atoms with Crippen LogP contribution in [0.15, 0.2) is 170 Å². The maximum Gasteiger partial charge on any atom is 0.234 e. The minimum absolute atomic E-state index is 0.637. The lowest BCUT2D eigenvalue weighted by atomic mass is 9.89. The van der Waals surface area contributed by atoms with Gasteiger partial charge in [0.05, 0.1) is 11.0 Å². The number of aromatic nitrogens is 3. The first-order valence-corrected chi connectivity index (χ1v) is 16.3. The van der Waals surface area contributed by atoms with Crippen LogP contribution >= 0.6 is 0 Å². The highest BCUT2D eigenvalue weighted by Crippen LogP contribution is 2.45. The molecule has 0 aliphatic rings. The van der Waals surface area contributed by atoms with Crippen molar-refractivity contribution in [3.8, 4) is 16.8 Å². The normalized spacial score (nSPS) is 11.8. The summed E-state index contributed by atoms with van der Waals surface area (Å²) in [6, 6.07) is 56.5. The molecule has 2 heterocycles. The second-order valence-corrected chi connectivity index (χ2v) is 12.3. The van der Waals surface area contributed by atoms with Gasteiger partial charge in [0.2, 0.25) is 5.95 Å². The van der Waals surface area contributed by atoms with Crippen LogP contribution in [0.1, 0.15) is 0 Å². The Morgan fingerprint density at radius 3 is 1.92 bits per heavy atom. The number of para-hydroxylation sites is 3. The molecule has 0 amide bonds. The first-order chi connectivity index (χ1) is 23.8. The van der Waals surface area contributed by atoms with Gasteiger partial charge in [-0.05, 0) is 92.7 Å². The molecule has 224 valence electrons. The van der Waals surface area contributed by atoms with Crippen molar-refractivity contribution in [2.75, 3.05) is 4.90 Å². The first-order valence-electron chi connectivity index (χ1n) is 16.3. The van der Waals surface area contributed by atoms with Gasteiger partial charge in [-0.2, -0.15) is 0 Å². The highest BCUT2D eigenvalue weighted by atomic mass is 15.3. The standard InChI is InChI=1S/C44H28N4/c1-3-10-32(11-4-1)47(44-45-26-9-27-46-44)34-21-16-29(17-22-34)35-23-18-30-19-25-38-42-31(20-24-37(35)41(30)42)28-39-36-14-7-8-15-40(36)48(43(38)39)33-12-5-2-6-13-33/h1-28H. The highest BCUT2D eigenvalue weighted by molar-refractivity contribution is 6.32. The molecule has 0 spiro atoms. The van der Waals surface area contributed by atoms with E-state index in [9.17, 15) is 0 Å². The van der Waals surface area contributed by atoms with E-state index in [0.29, 0.717) is 5.95 Å². The fraction of sp³-hybridized carbons (Fsp3) is 0. The second-order valence-electron chi connectivity index (χ2n) is 12.3. The van der Waals surface area contributed by atoms with Crippen LogP contribution in [0.4, 0.5) is 17.3 Å². The van der Waals surface area contributed by atoms with Crippen molar-refractivity contribution in [2.45, 2.75) is 0 Å². The van der Waals surface area contributed by atoms with E-state index in [-0.39, 0.29) is 0 Å². The van der Waals surface area contributed by atoms with E-state index < -0.39 is 0 Å². The van der Waals surface area contributed by atoms with Gasteiger partial charge in [0.15, 0.2) is 0 Å². The summed E-state index contributed by atoms with van der Waals surface area (Å²) in [5.74, 6) is 0.637. The van der Waals surface area contributed by atoms with Gasteiger partial charge in [0.25, 0.3) is 0 Å². The maximum atomic E-state index is 4.57. The minimum atomic E-state index is 0.637. The topological polar surface area (TPSA) is 34.0 Å². The average molecular weight is 613 g/mol. The molecule has 0 saturated heterocycles. The van der Waals surface area contributed by atoms with Gasteiger partial charge in [-0.25, -0.2) is 9.97 Å². The summed E-state index contributed by atoms with van der Waals surface area (Å²) in [7, 11) is 0. The van der Waals surface area contributed by atoms with Crippen LogP contribution in [0.5, 0.6) is 0 Å². The molecule has 0 unspecified atom stereocenters. The molecular weight excluding hydrogens is 585 g/mol. The first kappa shape index (κ1) is 26.7. The Bertz CT molecular complexity index is 2710. The largest absolute Gasteiger partial charge is 0.309 e. The minimum Gasteiger partial charge on any atom is -0.309 e. The Hall–Kier alpha value is -6.52. The predicted octanol–water partition coefficient (Wildman–Crippen LogP) is 11.6. The quantitative estimate of drug-likeness (QED) is 0.181. The van der Waals surface area contributed by atoms with Crippen LogP contribution < -0.4 is 4.90 Å². The number of hydrogen-bond donors (Lipinski definition) is 0. The third-order valence-corrected chi connectivity index (χ3v) is 9.63. The maximum absolute atomic E-state index is 4.57. The van der Waals surface area contributed by atoms with Crippen LogP contribution in [0.25, 0.3) is 70.9 Å². The molecule has 4 nitrogen and oxygen atoms in total. The van der Waals surface area contributed by atoms with Crippen LogP contribution in [0.2, 0.25) is 0 Å². The molecule has 48 heavy (non-hydrogen) atoms. The molecule has 4 heteroatoms. The van der Waals surface area contributed by atoms with E-state index in [1.54, 1.807) is 12.4 Å². The number of nitrogens with zero attached hydrogens (tertiary/aromatic N) is 4. The summed E-state index contributed by atoms with van der Waals surface area (Å²) in [6.07, 6.45) is 3.56. The third-order valence-electron chi connectivity index (χ3n) is 9.63. The Labute approximate surface area is 277 Å². The summed E-state index contributed by atoms with van der Waals surface area (Å²) in [4.78, 5) is 11.2. The molecule has 0 aliphatic heterocycles. The highest BCUT2D eigenvalue weighted by Gasteiger charge is 2.20. The van der Waals surface area contributed by atoms with E-state index >= 15 is 0 Å². The zero-order chi connectivity index (χ0) is 31.6. The number of rotatable bonds is 5. The molecule has 0 bridgehead atoms. The Balaban J connectivity index is 1.18. The average Bonchev–Trinajstić information content (AvgIpc) is 3.49. The molecule has 0 saturated carbocycles. The molecule has 2 aromatic heterocycles. The van der Waals surface area contributed by atoms with Crippen molar-refractivity contribution in [1.29, 1.82) is 0 Å². The Morgan fingerprint density at radius 2 is 1.10 bits per heavy atom. The van der Waals surface area contributed by atoms with E-state index in [0.717, 1.165) is 11.4 Å². The molecule has 10 rings (SSSR count). The van der Waals surface area contributed by atoms with Gasteiger partial charge in [-0.1, -0.05) is 103 Å². The molecule has 10 aromatic rings. The number of anilines is 3. The van der Waals surface area contributed by atoms with Crippen LogP contribution in [-0.4, -0.2) is 14.5 Å². The molecule has 0 N–H and O–H groups in total. The number of fused-ring (bicyclic) bond motifs is 4. The third kappa shape index (κ3) is 3.96. The summed E-state index contributed by atoms with van der Waals surface area (Å²) in [5, 5.41) is 10.2. The van der Waals surface area contributed by atoms with E-state index in [1.165, 1.54) is 70.9 Å². The molecule has 0 radical (unpaired) electrons. The lowest BCUT2D eigenvalue weighted by Gasteiger charge is -2.23. The Morgan fingerprint density at radius 1 is 0.458 bits per heavy atom. The van der Waals surface area contributed by atoms with Crippen molar-refractivity contribution in [1.82, 2.24) is 14.5 Å². The lowest BCUT2D eigenvalue weighted by molar-refractivity contribution is 1.08. The van der Waals surface area contributed by atoms with Crippen molar-refractivity contribution in [3.05, 3.63) is 170 Å². The van der Waals surface area contributed by atoms with E-state index in [1.807, 2.05) is 24.3 Å². The fourth-order valence-electron chi connectivity index (χ4n) is 7.58. The zero-order valence-electron chi connectivity index (χ0n) is 26.0. The molecule has 0 fully saturated rings. The zero-order valence-corrected chi connectivity index (χ0v) is 26.0. The Kier molecular flexibility index (Phi) is 5.84. The van der Waals surface area contributed by atoms with Crippen molar-refractivity contribution >= 4 is 71.4 Å². The van der Waals surface area contributed by atoms with Gasteiger partial charge in [0, 0.05) is 45.6 Å². The molecular formula is C44H28N4. The van der Waals surface area contributed by atoms with Gasteiger partial charge in [-0.15, -0.1) is 0 Å². The van der Waals surface area contributed by atoms with Crippen molar-refractivity contribution in [2.24, 2.45) is 0 Å². The van der Waals surface area contributed by atoms with Gasteiger partial charge >= 0.3 is 0 Å². The summed E-state index contributed by atoms with van der Waals surface area (Å²) < 4.78 is 2.44. The fourth-order valence-corrected chi connectivity index (χ4v) is 7.58. The van der Waals surface area contributed by atoms with Crippen LogP contribution in [0.3, 0.4) is 0 Å². The second kappa shape index (κ2) is 10.5. The van der Waals surface area contributed by atoms with Gasteiger partial charge in [-0.3, -0.25) is 4.90 Å². The monoisotopic (exact) mass is 612 g/mol. The van der Waals surface area contributed by atoms with E-state index in [2.05, 4.69) is 153 Å². The molecule has 8 aromatic carbocycles. The summed E-state index contributed by atoms with van der Waals surface area (Å²) in [5.41, 5.74) is 8.05. The van der Waals surface area contributed by atoms with Crippen molar-refractivity contribution < 1.29 is 0 Å². The van der Waals surface area contributed by atoms with Crippen LogP contribution in [-0.2, 0) is 0 Å². The smallest absolute Gasteiger partial charge is 0.234 e. The predicted molar refractivity (Wildman–Crippen MR) is 200 cm³/mol. The SMILES string of the molecule is c1ccc(N(c2ccc(-c3ccc4ccc5c6c(ccc3c46)cc3c4ccccc4n(-c4ccccc4)c35)cc2)c2ncccn2)cc1. The molecule has 0 aliphatic carbocycles. The van der Waals surface area contributed by atoms with Crippen LogP contribution in [0, 0.1) is 0 Å². The summed E-state index contributed by atoms with van der Waals surface area (Å²) in [6.45, 7) is 0. The van der Waals surface area contributed by atoms with Gasteiger partial charge < -0.3 is 4.57 Å². The van der Waals surface area contributed by atoms with Crippen molar-refractivity contribution in [3.63, 3.8) is 0 Å². The van der Waals surface area contributed by atoms with E-state index in [4.69, 9.17) is 0 Å². The lowest BCUT2D eigenvalue weighted by Crippen LogP contribution is -2.12. The number of hydrogen-bond acceptors (Lipinski definition) is 3. The van der Waals surface area contributed by atoms with Gasteiger partial charge in [0.1, 0.15) is 0 Å².